The Balaban J connectivity index is 2.20. The van der Waals surface area contributed by atoms with Crippen molar-refractivity contribution >= 4 is 0 Å². The summed E-state index contributed by atoms with van der Waals surface area (Å²) in [5, 5.41) is 3.03. The summed E-state index contributed by atoms with van der Waals surface area (Å²) in [6.45, 7) is 0.372. The van der Waals surface area contributed by atoms with Gasteiger partial charge in [-0.15, -0.1) is 0 Å². The molecule has 1 heterocycles. The van der Waals surface area contributed by atoms with Gasteiger partial charge in [0, 0.05) is 31.6 Å². The first-order valence-electron chi connectivity index (χ1n) is 5.46. The van der Waals surface area contributed by atoms with Gasteiger partial charge in [0.15, 0.2) is 0 Å². The summed E-state index contributed by atoms with van der Waals surface area (Å²) in [6, 6.07) is 3.90. The van der Waals surface area contributed by atoms with Crippen LogP contribution < -0.4 is 5.32 Å². The largest absolute Gasteiger partial charge is 0.411 e. The fourth-order valence-electron chi connectivity index (χ4n) is 1.53. The lowest BCUT2D eigenvalue weighted by Gasteiger charge is -2.10. The molecule has 0 fully saturated rings. The highest BCUT2D eigenvalue weighted by molar-refractivity contribution is 5.06. The molecular formula is C11H17F3N2O. The van der Waals surface area contributed by atoms with Crippen LogP contribution in [0.3, 0.4) is 0 Å². The maximum absolute atomic E-state index is 11.8. The summed E-state index contributed by atoms with van der Waals surface area (Å²) < 4.78 is 41.9. The normalized spacial score (nSPS) is 12.0. The molecule has 0 bridgehead atoms. The molecule has 98 valence electrons. The third-order valence-electron chi connectivity index (χ3n) is 2.23. The minimum Gasteiger partial charge on any atom is -0.372 e. The van der Waals surface area contributed by atoms with E-state index in [1.54, 1.807) is 0 Å². The lowest BCUT2D eigenvalue weighted by atomic mass is 10.4. The molecule has 1 aromatic rings. The van der Waals surface area contributed by atoms with Gasteiger partial charge in [-0.1, -0.05) is 0 Å². The van der Waals surface area contributed by atoms with E-state index in [1.165, 1.54) is 0 Å². The van der Waals surface area contributed by atoms with Crippen molar-refractivity contribution in [1.82, 2.24) is 9.88 Å². The summed E-state index contributed by atoms with van der Waals surface area (Å²) >= 11 is 0. The molecule has 0 saturated heterocycles. The molecular weight excluding hydrogens is 233 g/mol. The number of aromatic nitrogens is 1. The summed E-state index contributed by atoms with van der Waals surface area (Å²) in [5.41, 5.74) is 1.11. The predicted octanol–water partition coefficient (Wildman–Crippen LogP) is 2.18. The fourth-order valence-corrected chi connectivity index (χ4v) is 1.53. The Morgan fingerprint density at radius 3 is 2.82 bits per heavy atom. The predicted molar refractivity (Wildman–Crippen MR) is 58.7 cm³/mol. The smallest absolute Gasteiger partial charge is 0.372 e. The van der Waals surface area contributed by atoms with Crippen LogP contribution in [0.2, 0.25) is 0 Å². The van der Waals surface area contributed by atoms with Gasteiger partial charge >= 0.3 is 6.18 Å². The van der Waals surface area contributed by atoms with Crippen LogP contribution >= 0.6 is 0 Å². The molecule has 0 amide bonds. The fraction of sp³-hybridized carbons (Fsp3) is 0.636. The van der Waals surface area contributed by atoms with Crippen molar-refractivity contribution in [3.8, 4) is 0 Å². The van der Waals surface area contributed by atoms with E-state index in [0.717, 1.165) is 12.2 Å². The minimum atomic E-state index is -4.23. The molecule has 1 N–H and O–H groups in total. The monoisotopic (exact) mass is 250 g/mol. The second-order valence-corrected chi connectivity index (χ2v) is 3.74. The summed E-state index contributed by atoms with van der Waals surface area (Å²) in [4.78, 5) is 0. The third kappa shape index (κ3) is 5.74. The molecule has 0 atom stereocenters. The average Bonchev–Trinajstić information content (AvgIpc) is 2.64. The third-order valence-corrected chi connectivity index (χ3v) is 2.23. The maximum Gasteiger partial charge on any atom is 0.411 e. The molecule has 3 nitrogen and oxygen atoms in total. The molecule has 6 heteroatoms. The Bertz CT molecular complexity index is 323. The van der Waals surface area contributed by atoms with Gasteiger partial charge in [0.05, 0.1) is 0 Å². The number of rotatable bonds is 7. The Morgan fingerprint density at radius 1 is 1.41 bits per heavy atom. The van der Waals surface area contributed by atoms with Crippen molar-refractivity contribution < 1.29 is 17.9 Å². The van der Waals surface area contributed by atoms with E-state index in [-0.39, 0.29) is 6.61 Å². The molecule has 1 rings (SSSR count). The van der Waals surface area contributed by atoms with Gasteiger partial charge in [0.25, 0.3) is 0 Å². The van der Waals surface area contributed by atoms with Crippen LogP contribution in [0, 0.1) is 0 Å². The summed E-state index contributed by atoms with van der Waals surface area (Å²) in [6.07, 6.45) is -1.75. The number of aryl methyl sites for hydroxylation is 1. The molecule has 0 saturated carbocycles. The molecule has 0 aliphatic rings. The Labute approximate surface area is 98.6 Å². The molecule has 0 radical (unpaired) electrons. The number of hydrogen-bond acceptors (Lipinski definition) is 2. The molecule has 1 aromatic heterocycles. The quantitative estimate of drug-likeness (QED) is 0.751. The first kappa shape index (κ1) is 14.1. The van der Waals surface area contributed by atoms with E-state index < -0.39 is 12.8 Å². The summed E-state index contributed by atoms with van der Waals surface area (Å²) in [7, 11) is 1.85. The summed E-state index contributed by atoms with van der Waals surface area (Å²) in [5.74, 6) is 0. The number of alkyl halides is 3. The number of ether oxygens (including phenoxy) is 1. The Hall–Kier alpha value is -1.01. The highest BCUT2D eigenvalue weighted by Gasteiger charge is 2.27. The number of nitrogens with zero attached hydrogens (tertiary/aromatic N) is 1. The zero-order valence-electron chi connectivity index (χ0n) is 9.76. The van der Waals surface area contributed by atoms with E-state index in [9.17, 15) is 13.2 Å². The van der Waals surface area contributed by atoms with Crippen LogP contribution in [-0.2, 0) is 17.8 Å². The second-order valence-electron chi connectivity index (χ2n) is 3.74. The van der Waals surface area contributed by atoms with E-state index in [1.807, 2.05) is 29.9 Å². The van der Waals surface area contributed by atoms with Gasteiger partial charge in [0.2, 0.25) is 0 Å². The SMILES string of the molecule is CNCc1cccn1CCCOCC(F)(F)F. The molecule has 0 aromatic carbocycles. The van der Waals surface area contributed by atoms with Gasteiger partial charge < -0.3 is 14.6 Å². The highest BCUT2D eigenvalue weighted by atomic mass is 19.4. The zero-order valence-corrected chi connectivity index (χ0v) is 9.76. The standard InChI is InChI=1S/C11H17F3N2O/c1-15-8-10-4-2-5-16(10)6-3-7-17-9-11(12,13)14/h2,4-5,15H,3,6-9H2,1H3. The molecule has 0 unspecified atom stereocenters. The molecule has 0 aliphatic heterocycles. The van der Waals surface area contributed by atoms with E-state index in [4.69, 9.17) is 0 Å². The lowest BCUT2D eigenvalue weighted by molar-refractivity contribution is -0.174. The molecule has 0 spiro atoms. The minimum absolute atomic E-state index is 0.122. The first-order chi connectivity index (χ1) is 8.03. The first-order valence-corrected chi connectivity index (χ1v) is 5.46. The van der Waals surface area contributed by atoms with Gasteiger partial charge in [-0.2, -0.15) is 13.2 Å². The Morgan fingerprint density at radius 2 is 2.18 bits per heavy atom. The van der Waals surface area contributed by atoms with E-state index >= 15 is 0 Å². The van der Waals surface area contributed by atoms with Crippen molar-refractivity contribution in [2.45, 2.75) is 25.7 Å². The number of nitrogens with one attached hydrogen (secondary N) is 1. The van der Waals surface area contributed by atoms with E-state index in [0.29, 0.717) is 13.0 Å². The van der Waals surface area contributed by atoms with Crippen LogP contribution in [0.5, 0.6) is 0 Å². The maximum atomic E-state index is 11.8. The van der Waals surface area contributed by atoms with Gasteiger partial charge in [-0.25, -0.2) is 0 Å². The van der Waals surface area contributed by atoms with Crippen molar-refractivity contribution in [3.63, 3.8) is 0 Å². The van der Waals surface area contributed by atoms with Crippen molar-refractivity contribution in [3.05, 3.63) is 24.0 Å². The molecule has 0 aliphatic carbocycles. The topological polar surface area (TPSA) is 26.2 Å². The van der Waals surface area contributed by atoms with Crippen LogP contribution in [0.1, 0.15) is 12.1 Å². The average molecular weight is 250 g/mol. The van der Waals surface area contributed by atoms with Crippen LogP contribution in [0.25, 0.3) is 0 Å². The lowest BCUT2D eigenvalue weighted by Crippen LogP contribution is -2.18. The van der Waals surface area contributed by atoms with Crippen molar-refractivity contribution in [2.75, 3.05) is 20.3 Å². The van der Waals surface area contributed by atoms with Crippen molar-refractivity contribution in [1.29, 1.82) is 0 Å². The Kier molecular flexibility index (Phi) is 5.50. The van der Waals surface area contributed by atoms with Crippen LogP contribution in [0.4, 0.5) is 13.2 Å². The number of hydrogen-bond donors (Lipinski definition) is 1. The molecule has 17 heavy (non-hydrogen) atoms. The van der Waals surface area contributed by atoms with Crippen molar-refractivity contribution in [2.24, 2.45) is 0 Å². The zero-order chi connectivity index (χ0) is 12.7. The van der Waals surface area contributed by atoms with Gasteiger partial charge in [-0.3, -0.25) is 0 Å². The second kappa shape index (κ2) is 6.66. The number of halogens is 3. The van der Waals surface area contributed by atoms with E-state index in [2.05, 4.69) is 10.1 Å². The van der Waals surface area contributed by atoms with Crippen LogP contribution in [-0.4, -0.2) is 31.0 Å². The highest BCUT2D eigenvalue weighted by Crippen LogP contribution is 2.14. The van der Waals surface area contributed by atoms with Crippen LogP contribution in [0.15, 0.2) is 18.3 Å². The van der Waals surface area contributed by atoms with Gasteiger partial charge in [-0.05, 0) is 25.6 Å². The van der Waals surface area contributed by atoms with Gasteiger partial charge in [0.1, 0.15) is 6.61 Å².